The first-order chi connectivity index (χ1) is 18.8. The average Bonchev–Trinajstić information content (AvgIpc) is 3.54. The van der Waals surface area contributed by atoms with Crippen LogP contribution in [0.5, 0.6) is 0 Å². The van der Waals surface area contributed by atoms with Crippen molar-refractivity contribution in [2.45, 2.75) is 76.3 Å². The van der Waals surface area contributed by atoms with Gasteiger partial charge in [0.1, 0.15) is 18.4 Å². The molecule has 4 N–H and O–H groups in total. The van der Waals surface area contributed by atoms with Gasteiger partial charge in [0.25, 0.3) is 0 Å². The third-order valence-corrected chi connectivity index (χ3v) is 9.69. The van der Waals surface area contributed by atoms with E-state index in [2.05, 4.69) is 5.32 Å². The van der Waals surface area contributed by atoms with Gasteiger partial charge in [-0.2, -0.15) is 0 Å². The number of fused-ring (bicyclic) bond motifs is 1. The number of amides is 2. The van der Waals surface area contributed by atoms with Crippen LogP contribution in [0.4, 0.5) is 10.1 Å². The van der Waals surface area contributed by atoms with Gasteiger partial charge in [0.15, 0.2) is 0 Å². The van der Waals surface area contributed by atoms with E-state index in [1.165, 1.54) is 19.3 Å². The highest BCUT2D eigenvalue weighted by molar-refractivity contribution is 6.01. The zero-order valence-corrected chi connectivity index (χ0v) is 22.8. The molecule has 1 aromatic heterocycles. The van der Waals surface area contributed by atoms with Crippen molar-refractivity contribution in [1.82, 2.24) is 9.47 Å². The standard InChI is InChI=1S/C30H41FN4O4/c1-34-25-12-11-22(15-21(25)16-26(34)30(38)39)33-28(36)27-23(18-5-3-2-4-6-18)13-14-35(27)29(37)20-9-7-19(8-10-20)24(32)17-31/h11-12,15-16,18-20,23-24,27H,2-10,13-14,17,32H2,1H3,(H,33,36)(H,38,39)/t19?,20?,23-,24+,27-/m0/s1. The summed E-state index contributed by atoms with van der Waals surface area (Å²) in [5.74, 6) is -0.603. The Morgan fingerprint density at radius 3 is 2.44 bits per heavy atom. The number of aryl methyl sites for hydroxylation is 1. The maximum Gasteiger partial charge on any atom is 0.352 e. The average molecular weight is 541 g/mol. The van der Waals surface area contributed by atoms with Crippen molar-refractivity contribution in [2.75, 3.05) is 18.5 Å². The number of nitrogens with one attached hydrogen (secondary N) is 1. The summed E-state index contributed by atoms with van der Waals surface area (Å²) in [5, 5.41) is 13.3. The van der Waals surface area contributed by atoms with E-state index in [0.717, 1.165) is 43.0 Å². The molecule has 1 aliphatic heterocycles. The predicted octanol–water partition coefficient (Wildman–Crippen LogP) is 4.72. The third kappa shape index (κ3) is 5.55. The van der Waals surface area contributed by atoms with Crippen molar-refractivity contribution in [2.24, 2.45) is 36.5 Å². The molecule has 0 radical (unpaired) electrons. The second-order valence-electron chi connectivity index (χ2n) is 11.9. The number of likely N-dealkylation sites (tertiary alicyclic amines) is 1. The number of hydrogen-bond acceptors (Lipinski definition) is 4. The van der Waals surface area contributed by atoms with Crippen LogP contribution in [0.25, 0.3) is 10.9 Å². The van der Waals surface area contributed by atoms with E-state index in [4.69, 9.17) is 5.73 Å². The fourth-order valence-electron chi connectivity index (χ4n) is 7.46. The van der Waals surface area contributed by atoms with E-state index in [1.807, 2.05) is 11.0 Å². The molecule has 5 rings (SSSR count). The molecular formula is C30H41FN4O4. The number of aromatic carboxylic acids is 1. The molecule has 1 saturated heterocycles. The summed E-state index contributed by atoms with van der Waals surface area (Å²) in [7, 11) is 1.71. The van der Waals surface area contributed by atoms with Crippen LogP contribution in [0.1, 0.15) is 74.7 Å². The number of carboxylic acids is 1. The van der Waals surface area contributed by atoms with E-state index < -0.39 is 24.7 Å². The monoisotopic (exact) mass is 540 g/mol. The molecule has 2 aliphatic carbocycles. The predicted molar refractivity (Wildman–Crippen MR) is 148 cm³/mol. The molecule has 0 unspecified atom stereocenters. The Bertz CT molecular complexity index is 1220. The first kappa shape index (κ1) is 27.6. The van der Waals surface area contributed by atoms with Gasteiger partial charge in [-0.05, 0) is 74.1 Å². The summed E-state index contributed by atoms with van der Waals surface area (Å²) in [4.78, 5) is 41.1. The molecule has 8 nitrogen and oxygen atoms in total. The van der Waals surface area contributed by atoms with E-state index in [9.17, 15) is 23.9 Å². The zero-order valence-electron chi connectivity index (χ0n) is 22.8. The maximum absolute atomic E-state index is 13.9. The van der Waals surface area contributed by atoms with E-state index in [-0.39, 0.29) is 35.3 Å². The first-order valence-electron chi connectivity index (χ1n) is 14.5. The Morgan fingerprint density at radius 2 is 1.77 bits per heavy atom. The lowest BCUT2D eigenvalue weighted by Crippen LogP contribution is -2.50. The van der Waals surface area contributed by atoms with Crippen LogP contribution < -0.4 is 11.1 Å². The lowest BCUT2D eigenvalue weighted by molar-refractivity contribution is -0.142. The molecule has 9 heteroatoms. The van der Waals surface area contributed by atoms with Gasteiger partial charge in [-0.15, -0.1) is 0 Å². The quantitative estimate of drug-likeness (QED) is 0.470. The maximum atomic E-state index is 13.9. The second kappa shape index (κ2) is 11.7. The molecule has 2 saturated carbocycles. The first-order valence-corrected chi connectivity index (χ1v) is 14.5. The van der Waals surface area contributed by atoms with Crippen molar-refractivity contribution in [3.8, 4) is 0 Å². The summed E-state index contributed by atoms with van der Waals surface area (Å²) in [5.41, 5.74) is 7.48. The highest BCUT2D eigenvalue weighted by Crippen LogP contribution is 2.41. The Morgan fingerprint density at radius 1 is 1.05 bits per heavy atom. The van der Waals surface area contributed by atoms with E-state index in [1.54, 1.807) is 29.8 Å². The van der Waals surface area contributed by atoms with Gasteiger partial charge >= 0.3 is 5.97 Å². The van der Waals surface area contributed by atoms with Crippen LogP contribution >= 0.6 is 0 Å². The van der Waals surface area contributed by atoms with Crippen molar-refractivity contribution >= 4 is 34.4 Å². The van der Waals surface area contributed by atoms with Gasteiger partial charge < -0.3 is 25.6 Å². The lowest BCUT2D eigenvalue weighted by atomic mass is 9.76. The van der Waals surface area contributed by atoms with E-state index in [0.29, 0.717) is 31.0 Å². The normalized spacial score (nSPS) is 27.0. The zero-order chi connectivity index (χ0) is 27.7. The third-order valence-electron chi connectivity index (χ3n) is 9.69. The number of carbonyl (C=O) groups excluding carboxylic acids is 2. The van der Waals surface area contributed by atoms with Crippen molar-refractivity contribution in [3.05, 3.63) is 30.0 Å². The summed E-state index contributed by atoms with van der Waals surface area (Å²) >= 11 is 0. The lowest BCUT2D eigenvalue weighted by Gasteiger charge is -2.36. The number of carboxylic acid groups (broad SMARTS) is 1. The fraction of sp³-hybridized carbons (Fsp3) is 0.633. The molecule has 0 spiro atoms. The van der Waals surface area contributed by atoms with Gasteiger partial charge in [0.2, 0.25) is 11.8 Å². The summed E-state index contributed by atoms with van der Waals surface area (Å²) in [6.07, 6.45) is 9.44. The van der Waals surface area contributed by atoms with Gasteiger partial charge in [0, 0.05) is 42.1 Å². The largest absolute Gasteiger partial charge is 0.477 e. The minimum absolute atomic E-state index is 0.0466. The molecule has 3 aliphatic rings. The number of hydrogen-bond donors (Lipinski definition) is 3. The van der Waals surface area contributed by atoms with Crippen molar-refractivity contribution < 1.29 is 23.9 Å². The highest BCUT2D eigenvalue weighted by atomic mass is 19.1. The van der Waals surface area contributed by atoms with Gasteiger partial charge in [-0.1, -0.05) is 32.1 Å². The number of anilines is 1. The Balaban J connectivity index is 1.35. The number of nitrogens with zero attached hydrogens (tertiary/aromatic N) is 2. The molecule has 212 valence electrons. The molecule has 1 aromatic carbocycles. The number of carbonyl (C=O) groups is 3. The molecule has 2 aromatic rings. The number of alkyl halides is 1. The molecule has 3 atom stereocenters. The van der Waals surface area contributed by atoms with Crippen LogP contribution in [-0.2, 0) is 16.6 Å². The van der Waals surface area contributed by atoms with Crippen LogP contribution in [0, 0.1) is 23.7 Å². The SMILES string of the molecule is Cn1c(C(=O)O)cc2cc(NC(=O)[C@@H]3[C@H](C4CCCCC4)CCN3C(=O)C3CCC([C@H](N)CF)CC3)ccc21. The minimum Gasteiger partial charge on any atom is -0.477 e. The summed E-state index contributed by atoms with van der Waals surface area (Å²) in [6, 6.07) is 6.02. The van der Waals surface area contributed by atoms with Crippen LogP contribution in [-0.4, -0.2) is 57.7 Å². The molecular weight excluding hydrogens is 499 g/mol. The molecule has 3 fully saturated rings. The number of rotatable bonds is 7. The Hall–Kier alpha value is -2.94. The van der Waals surface area contributed by atoms with Crippen LogP contribution in [0.2, 0.25) is 0 Å². The second-order valence-corrected chi connectivity index (χ2v) is 11.9. The van der Waals surface area contributed by atoms with Gasteiger partial charge in [-0.3, -0.25) is 9.59 Å². The fourth-order valence-corrected chi connectivity index (χ4v) is 7.46. The number of halogens is 1. The highest BCUT2D eigenvalue weighted by Gasteiger charge is 2.47. The minimum atomic E-state index is -1.00. The topological polar surface area (TPSA) is 118 Å². The smallest absolute Gasteiger partial charge is 0.352 e. The molecule has 0 bridgehead atoms. The van der Waals surface area contributed by atoms with Crippen LogP contribution in [0.15, 0.2) is 24.3 Å². The number of nitrogens with two attached hydrogens (primary N) is 1. The molecule has 2 amide bonds. The summed E-state index contributed by atoms with van der Waals surface area (Å²) < 4.78 is 14.7. The molecule has 39 heavy (non-hydrogen) atoms. The Labute approximate surface area is 229 Å². The van der Waals surface area contributed by atoms with Crippen LogP contribution in [0.3, 0.4) is 0 Å². The van der Waals surface area contributed by atoms with Gasteiger partial charge in [-0.25, -0.2) is 9.18 Å². The molecule has 2 heterocycles. The Kier molecular flexibility index (Phi) is 8.26. The van der Waals surface area contributed by atoms with Crippen molar-refractivity contribution in [1.29, 1.82) is 0 Å². The summed E-state index contributed by atoms with van der Waals surface area (Å²) in [6.45, 7) is 0.0504. The number of aromatic nitrogens is 1. The van der Waals surface area contributed by atoms with Gasteiger partial charge in [0.05, 0.1) is 0 Å². The number of benzene rings is 1. The van der Waals surface area contributed by atoms with Crippen molar-refractivity contribution in [3.63, 3.8) is 0 Å². The van der Waals surface area contributed by atoms with E-state index >= 15 is 0 Å².